The quantitative estimate of drug-likeness (QED) is 0.630. The van der Waals surface area contributed by atoms with Crippen LogP contribution in [0.4, 0.5) is 5.69 Å². The normalized spacial score (nSPS) is 11.7. The van der Waals surface area contributed by atoms with E-state index in [1.54, 1.807) is 31.2 Å². The van der Waals surface area contributed by atoms with Crippen LogP contribution in [0.1, 0.15) is 19.4 Å². The van der Waals surface area contributed by atoms with E-state index in [1.807, 2.05) is 0 Å². The Morgan fingerprint density at radius 2 is 2.11 bits per heavy atom. The van der Waals surface area contributed by atoms with Gasteiger partial charge in [-0.15, -0.1) is 0 Å². The summed E-state index contributed by atoms with van der Waals surface area (Å²) in [5.41, 5.74) is 6.93. The van der Waals surface area contributed by atoms with Crippen molar-refractivity contribution in [3.8, 4) is 0 Å². The van der Waals surface area contributed by atoms with Gasteiger partial charge in [0, 0.05) is 5.69 Å². The lowest BCUT2D eigenvalue weighted by atomic mass is 10.1. The van der Waals surface area contributed by atoms with Crippen molar-refractivity contribution in [1.29, 1.82) is 0 Å². The summed E-state index contributed by atoms with van der Waals surface area (Å²) in [5.74, 6) is -1.03. The molecule has 1 rings (SSSR count). The maximum absolute atomic E-state index is 11.6. The molecule has 0 saturated carbocycles. The van der Waals surface area contributed by atoms with Gasteiger partial charge in [0.1, 0.15) is 0 Å². The van der Waals surface area contributed by atoms with Gasteiger partial charge < -0.3 is 15.2 Å². The Kier molecular flexibility index (Phi) is 5.17. The van der Waals surface area contributed by atoms with E-state index < -0.39 is 18.0 Å². The molecule has 0 aliphatic carbocycles. The zero-order chi connectivity index (χ0) is 13.5. The fraction of sp³-hybridized carbons (Fsp3) is 0.385. The van der Waals surface area contributed by atoms with Crippen molar-refractivity contribution in [3.05, 3.63) is 29.8 Å². The molecule has 0 radical (unpaired) electrons. The van der Waals surface area contributed by atoms with Gasteiger partial charge in [0.05, 0.1) is 13.0 Å². The van der Waals surface area contributed by atoms with Gasteiger partial charge in [0.15, 0.2) is 6.10 Å². The molecule has 0 amide bonds. The standard InChI is InChI=1S/C13H17NO4/c1-3-17-13(16)9(2)18-12(15)8-10-5-4-6-11(14)7-10/h4-7,9H,3,8,14H2,1-2H3. The second-order valence-electron chi connectivity index (χ2n) is 3.81. The number of benzene rings is 1. The maximum Gasteiger partial charge on any atom is 0.347 e. The van der Waals surface area contributed by atoms with Crippen molar-refractivity contribution < 1.29 is 19.1 Å². The summed E-state index contributed by atoms with van der Waals surface area (Å²) in [6, 6.07) is 6.95. The molecule has 5 heteroatoms. The number of rotatable bonds is 5. The largest absolute Gasteiger partial charge is 0.463 e. The monoisotopic (exact) mass is 251 g/mol. The Hall–Kier alpha value is -2.04. The van der Waals surface area contributed by atoms with Crippen molar-refractivity contribution >= 4 is 17.6 Å². The van der Waals surface area contributed by atoms with E-state index in [0.29, 0.717) is 5.69 Å². The molecule has 1 unspecified atom stereocenters. The van der Waals surface area contributed by atoms with Crippen LogP contribution in [0.3, 0.4) is 0 Å². The highest BCUT2D eigenvalue weighted by molar-refractivity contribution is 5.80. The second-order valence-corrected chi connectivity index (χ2v) is 3.81. The number of carbonyl (C=O) groups excluding carboxylic acids is 2. The van der Waals surface area contributed by atoms with Crippen LogP contribution in [0.5, 0.6) is 0 Å². The van der Waals surface area contributed by atoms with Gasteiger partial charge in [-0.1, -0.05) is 12.1 Å². The first-order chi connectivity index (χ1) is 8.52. The smallest absolute Gasteiger partial charge is 0.347 e. The fourth-order valence-corrected chi connectivity index (χ4v) is 1.42. The SMILES string of the molecule is CCOC(=O)C(C)OC(=O)Cc1cccc(N)c1. The third-order valence-electron chi connectivity index (χ3n) is 2.23. The Balaban J connectivity index is 2.49. The van der Waals surface area contributed by atoms with Crippen LogP contribution in [0.25, 0.3) is 0 Å². The van der Waals surface area contributed by atoms with Gasteiger partial charge in [0.25, 0.3) is 0 Å². The molecular formula is C13H17NO4. The Morgan fingerprint density at radius 1 is 1.39 bits per heavy atom. The lowest BCUT2D eigenvalue weighted by Gasteiger charge is -2.11. The summed E-state index contributed by atoms with van der Waals surface area (Å²) < 4.78 is 9.69. The lowest BCUT2D eigenvalue weighted by molar-refractivity contribution is -0.165. The second kappa shape index (κ2) is 6.64. The number of carbonyl (C=O) groups is 2. The fourth-order valence-electron chi connectivity index (χ4n) is 1.42. The van der Waals surface area contributed by atoms with Gasteiger partial charge in [-0.2, -0.15) is 0 Å². The zero-order valence-corrected chi connectivity index (χ0v) is 10.5. The minimum Gasteiger partial charge on any atom is -0.463 e. The van der Waals surface area contributed by atoms with Crippen LogP contribution >= 0.6 is 0 Å². The molecule has 98 valence electrons. The van der Waals surface area contributed by atoms with E-state index in [2.05, 4.69) is 0 Å². The average molecular weight is 251 g/mol. The molecule has 0 aliphatic rings. The van der Waals surface area contributed by atoms with Crippen molar-refractivity contribution in [2.24, 2.45) is 0 Å². The maximum atomic E-state index is 11.6. The number of ether oxygens (including phenoxy) is 2. The van der Waals surface area contributed by atoms with Crippen molar-refractivity contribution in [2.45, 2.75) is 26.4 Å². The third kappa shape index (κ3) is 4.45. The highest BCUT2D eigenvalue weighted by Gasteiger charge is 2.18. The lowest BCUT2D eigenvalue weighted by Crippen LogP contribution is -2.27. The van der Waals surface area contributed by atoms with Gasteiger partial charge in [-0.25, -0.2) is 4.79 Å². The van der Waals surface area contributed by atoms with Crippen molar-refractivity contribution in [1.82, 2.24) is 0 Å². The summed E-state index contributed by atoms with van der Waals surface area (Å²) >= 11 is 0. The van der Waals surface area contributed by atoms with E-state index in [4.69, 9.17) is 15.2 Å². The molecule has 0 aliphatic heterocycles. The first-order valence-electron chi connectivity index (χ1n) is 5.73. The first kappa shape index (κ1) is 14.0. The number of anilines is 1. The van der Waals surface area contributed by atoms with E-state index >= 15 is 0 Å². The van der Waals surface area contributed by atoms with Crippen LogP contribution < -0.4 is 5.73 Å². The summed E-state index contributed by atoms with van der Waals surface area (Å²) in [4.78, 5) is 22.8. The molecule has 0 saturated heterocycles. The molecule has 0 aromatic heterocycles. The van der Waals surface area contributed by atoms with Crippen molar-refractivity contribution in [2.75, 3.05) is 12.3 Å². The molecule has 0 bridgehead atoms. The van der Waals surface area contributed by atoms with E-state index in [1.165, 1.54) is 6.92 Å². The zero-order valence-electron chi connectivity index (χ0n) is 10.5. The average Bonchev–Trinajstić information content (AvgIpc) is 2.28. The Labute approximate surface area is 106 Å². The Bertz CT molecular complexity index is 431. The molecule has 1 atom stereocenters. The van der Waals surface area contributed by atoms with Crippen LogP contribution in [-0.2, 0) is 25.5 Å². The molecule has 0 heterocycles. The number of esters is 2. The molecule has 2 N–H and O–H groups in total. The summed E-state index contributed by atoms with van der Waals surface area (Å²) in [6.07, 6.45) is -0.812. The summed E-state index contributed by atoms with van der Waals surface area (Å²) in [5, 5.41) is 0. The first-order valence-corrected chi connectivity index (χ1v) is 5.73. The predicted molar refractivity (Wildman–Crippen MR) is 66.7 cm³/mol. The van der Waals surface area contributed by atoms with Crippen LogP contribution in [0.2, 0.25) is 0 Å². The topological polar surface area (TPSA) is 78.6 Å². The Morgan fingerprint density at radius 3 is 2.72 bits per heavy atom. The molecular weight excluding hydrogens is 234 g/mol. The van der Waals surface area contributed by atoms with Crippen LogP contribution in [0, 0.1) is 0 Å². The highest BCUT2D eigenvalue weighted by atomic mass is 16.6. The third-order valence-corrected chi connectivity index (χ3v) is 2.23. The van der Waals surface area contributed by atoms with Gasteiger partial charge in [0.2, 0.25) is 0 Å². The number of nitrogens with two attached hydrogens (primary N) is 1. The number of hydrogen-bond acceptors (Lipinski definition) is 5. The van der Waals surface area contributed by atoms with Crippen LogP contribution in [-0.4, -0.2) is 24.6 Å². The minimum absolute atomic E-state index is 0.0782. The van der Waals surface area contributed by atoms with Crippen molar-refractivity contribution in [3.63, 3.8) is 0 Å². The molecule has 0 fully saturated rings. The number of nitrogen functional groups attached to an aromatic ring is 1. The van der Waals surface area contributed by atoms with Gasteiger partial charge in [-0.05, 0) is 31.5 Å². The summed E-state index contributed by atoms with van der Waals surface area (Å²) in [6.45, 7) is 3.43. The van der Waals surface area contributed by atoms with E-state index in [9.17, 15) is 9.59 Å². The molecule has 5 nitrogen and oxygen atoms in total. The summed E-state index contributed by atoms with van der Waals surface area (Å²) in [7, 11) is 0. The molecule has 0 spiro atoms. The van der Waals surface area contributed by atoms with Gasteiger partial charge >= 0.3 is 11.9 Å². The minimum atomic E-state index is -0.890. The van der Waals surface area contributed by atoms with E-state index in [0.717, 1.165) is 5.56 Å². The van der Waals surface area contributed by atoms with Gasteiger partial charge in [-0.3, -0.25) is 4.79 Å². The number of hydrogen-bond donors (Lipinski definition) is 1. The molecule has 1 aromatic rings. The molecule has 1 aromatic carbocycles. The van der Waals surface area contributed by atoms with Crippen LogP contribution in [0.15, 0.2) is 24.3 Å². The van der Waals surface area contributed by atoms with E-state index in [-0.39, 0.29) is 13.0 Å². The highest BCUT2D eigenvalue weighted by Crippen LogP contribution is 2.08. The molecule has 18 heavy (non-hydrogen) atoms. The predicted octanol–water partition coefficient (Wildman–Crippen LogP) is 1.31.